The van der Waals surface area contributed by atoms with Crippen LogP contribution in [0.3, 0.4) is 0 Å². The maximum atomic E-state index is 12.2. The Bertz CT molecular complexity index is 633. The van der Waals surface area contributed by atoms with E-state index < -0.39 is 6.10 Å². The van der Waals surface area contributed by atoms with Crippen molar-refractivity contribution in [1.29, 1.82) is 0 Å². The van der Waals surface area contributed by atoms with E-state index in [1.54, 1.807) is 47.4 Å². The second-order valence-electron chi connectivity index (χ2n) is 5.10. The molecule has 2 rings (SSSR count). The third-order valence-corrected chi connectivity index (χ3v) is 3.71. The van der Waals surface area contributed by atoms with Crippen molar-refractivity contribution in [2.75, 3.05) is 13.1 Å². The average molecular weight is 299 g/mol. The molecule has 0 aliphatic heterocycles. The summed E-state index contributed by atoms with van der Waals surface area (Å²) in [5.41, 5.74) is 1.90. The molecule has 4 nitrogen and oxygen atoms in total. The molecule has 2 aromatic rings. The zero-order valence-electron chi connectivity index (χ0n) is 12.9. The Kier molecular flexibility index (Phi) is 5.17. The van der Waals surface area contributed by atoms with E-state index in [4.69, 9.17) is 0 Å². The molecule has 1 atom stereocenters. The number of carbonyl (C=O) groups is 1. The van der Waals surface area contributed by atoms with Crippen molar-refractivity contribution in [3.8, 4) is 5.75 Å². The SMILES string of the molecule is CCN(CC)C(=O)c1ccc(C(O)c2cccc(O)c2)cc1. The Balaban J connectivity index is 2.20. The van der Waals surface area contributed by atoms with Crippen molar-refractivity contribution in [3.05, 3.63) is 65.2 Å². The molecule has 0 aliphatic rings. The van der Waals surface area contributed by atoms with Crippen LogP contribution < -0.4 is 0 Å². The zero-order chi connectivity index (χ0) is 16.1. The lowest BCUT2D eigenvalue weighted by molar-refractivity contribution is 0.0773. The van der Waals surface area contributed by atoms with Crippen molar-refractivity contribution in [3.63, 3.8) is 0 Å². The quantitative estimate of drug-likeness (QED) is 0.892. The number of aliphatic hydroxyl groups is 1. The number of phenols is 1. The summed E-state index contributed by atoms with van der Waals surface area (Å²) in [5.74, 6) is 0.105. The molecule has 0 saturated carbocycles. The van der Waals surface area contributed by atoms with E-state index in [-0.39, 0.29) is 11.7 Å². The summed E-state index contributed by atoms with van der Waals surface area (Å²) in [6.45, 7) is 5.23. The number of aliphatic hydroxyl groups excluding tert-OH is 1. The third-order valence-electron chi connectivity index (χ3n) is 3.71. The van der Waals surface area contributed by atoms with Crippen LogP contribution in [0.4, 0.5) is 0 Å². The van der Waals surface area contributed by atoms with Crippen LogP contribution in [0.1, 0.15) is 41.4 Å². The molecule has 0 saturated heterocycles. The Morgan fingerprint density at radius 3 is 2.23 bits per heavy atom. The van der Waals surface area contributed by atoms with E-state index in [0.29, 0.717) is 29.8 Å². The number of benzene rings is 2. The summed E-state index contributed by atoms with van der Waals surface area (Å²) < 4.78 is 0. The minimum Gasteiger partial charge on any atom is -0.508 e. The Morgan fingerprint density at radius 2 is 1.68 bits per heavy atom. The first-order chi connectivity index (χ1) is 10.6. The molecule has 0 aromatic heterocycles. The van der Waals surface area contributed by atoms with Gasteiger partial charge in [0.1, 0.15) is 11.9 Å². The highest BCUT2D eigenvalue weighted by atomic mass is 16.3. The van der Waals surface area contributed by atoms with Gasteiger partial charge in [0.25, 0.3) is 5.91 Å². The number of phenolic OH excluding ortho intramolecular Hbond substituents is 1. The monoisotopic (exact) mass is 299 g/mol. The van der Waals surface area contributed by atoms with Crippen molar-refractivity contribution < 1.29 is 15.0 Å². The van der Waals surface area contributed by atoms with Crippen LogP contribution in [-0.4, -0.2) is 34.1 Å². The van der Waals surface area contributed by atoms with Gasteiger partial charge in [-0.05, 0) is 49.2 Å². The van der Waals surface area contributed by atoms with E-state index in [0.717, 1.165) is 0 Å². The summed E-state index contributed by atoms with van der Waals surface area (Å²) in [6.07, 6.45) is -0.829. The van der Waals surface area contributed by atoms with E-state index in [1.807, 2.05) is 13.8 Å². The average Bonchev–Trinajstić information content (AvgIpc) is 2.55. The van der Waals surface area contributed by atoms with Gasteiger partial charge in [-0.15, -0.1) is 0 Å². The summed E-state index contributed by atoms with van der Waals surface area (Å²) in [6, 6.07) is 13.5. The van der Waals surface area contributed by atoms with Crippen LogP contribution in [0.2, 0.25) is 0 Å². The van der Waals surface area contributed by atoms with Crippen molar-refractivity contribution in [1.82, 2.24) is 4.90 Å². The molecule has 1 unspecified atom stereocenters. The fourth-order valence-electron chi connectivity index (χ4n) is 2.39. The molecule has 22 heavy (non-hydrogen) atoms. The van der Waals surface area contributed by atoms with E-state index in [1.165, 1.54) is 6.07 Å². The first-order valence-corrected chi connectivity index (χ1v) is 7.43. The van der Waals surface area contributed by atoms with E-state index in [2.05, 4.69) is 0 Å². The maximum Gasteiger partial charge on any atom is 0.253 e. The van der Waals surface area contributed by atoms with Crippen molar-refractivity contribution in [2.24, 2.45) is 0 Å². The highest BCUT2D eigenvalue weighted by Crippen LogP contribution is 2.25. The fourth-order valence-corrected chi connectivity index (χ4v) is 2.39. The number of hydrogen-bond acceptors (Lipinski definition) is 3. The second-order valence-corrected chi connectivity index (χ2v) is 5.10. The minimum atomic E-state index is -0.829. The minimum absolute atomic E-state index is 0.0107. The summed E-state index contributed by atoms with van der Waals surface area (Å²) >= 11 is 0. The number of hydrogen-bond donors (Lipinski definition) is 2. The molecule has 2 aromatic carbocycles. The number of nitrogens with zero attached hydrogens (tertiary/aromatic N) is 1. The van der Waals surface area contributed by atoms with Crippen LogP contribution >= 0.6 is 0 Å². The Morgan fingerprint density at radius 1 is 1.05 bits per heavy atom. The largest absolute Gasteiger partial charge is 0.508 e. The number of amides is 1. The van der Waals surface area contributed by atoms with Gasteiger partial charge in [-0.3, -0.25) is 4.79 Å². The van der Waals surface area contributed by atoms with Crippen molar-refractivity contribution >= 4 is 5.91 Å². The maximum absolute atomic E-state index is 12.2. The lowest BCUT2D eigenvalue weighted by Gasteiger charge is -2.19. The third kappa shape index (κ3) is 3.46. The Labute approximate surface area is 130 Å². The normalized spacial score (nSPS) is 12.0. The summed E-state index contributed by atoms with van der Waals surface area (Å²) in [5, 5.41) is 19.8. The lowest BCUT2D eigenvalue weighted by Crippen LogP contribution is -2.30. The molecule has 2 N–H and O–H groups in total. The molecule has 0 fully saturated rings. The molecular formula is C18H21NO3. The van der Waals surface area contributed by atoms with Crippen LogP contribution in [-0.2, 0) is 0 Å². The standard InChI is InChI=1S/C18H21NO3/c1-3-19(4-2)18(22)14-10-8-13(9-11-14)17(21)15-6-5-7-16(20)12-15/h5-12,17,20-21H,3-4H2,1-2H3. The van der Waals surface area contributed by atoms with E-state index in [9.17, 15) is 15.0 Å². The van der Waals surface area contributed by atoms with Crippen LogP contribution in [0.25, 0.3) is 0 Å². The van der Waals surface area contributed by atoms with Crippen LogP contribution in [0.5, 0.6) is 5.75 Å². The van der Waals surface area contributed by atoms with Gasteiger partial charge in [0.05, 0.1) is 0 Å². The molecule has 0 aliphatic carbocycles. The smallest absolute Gasteiger partial charge is 0.253 e. The molecule has 0 spiro atoms. The summed E-state index contributed by atoms with van der Waals surface area (Å²) in [7, 11) is 0. The first-order valence-electron chi connectivity index (χ1n) is 7.43. The topological polar surface area (TPSA) is 60.8 Å². The zero-order valence-corrected chi connectivity index (χ0v) is 12.9. The van der Waals surface area contributed by atoms with Crippen LogP contribution in [0, 0.1) is 0 Å². The number of rotatable bonds is 5. The van der Waals surface area contributed by atoms with Gasteiger partial charge in [0, 0.05) is 18.7 Å². The highest BCUT2D eigenvalue weighted by molar-refractivity contribution is 5.94. The number of aromatic hydroxyl groups is 1. The Hall–Kier alpha value is -2.33. The van der Waals surface area contributed by atoms with Crippen LogP contribution in [0.15, 0.2) is 48.5 Å². The van der Waals surface area contributed by atoms with Gasteiger partial charge in [0.15, 0.2) is 0 Å². The summed E-state index contributed by atoms with van der Waals surface area (Å²) in [4.78, 5) is 14.0. The molecule has 0 radical (unpaired) electrons. The predicted molar refractivity (Wildman–Crippen MR) is 85.9 cm³/mol. The molecular weight excluding hydrogens is 278 g/mol. The molecule has 4 heteroatoms. The van der Waals surface area contributed by atoms with E-state index >= 15 is 0 Å². The second kappa shape index (κ2) is 7.09. The van der Waals surface area contributed by atoms with Gasteiger partial charge in [-0.2, -0.15) is 0 Å². The molecule has 116 valence electrons. The molecule has 0 heterocycles. The molecule has 0 bridgehead atoms. The lowest BCUT2D eigenvalue weighted by atomic mass is 10.00. The number of carbonyl (C=O) groups excluding carboxylic acids is 1. The first kappa shape index (κ1) is 16.0. The van der Waals surface area contributed by atoms with Gasteiger partial charge < -0.3 is 15.1 Å². The van der Waals surface area contributed by atoms with Crippen molar-refractivity contribution in [2.45, 2.75) is 20.0 Å². The van der Waals surface area contributed by atoms with Gasteiger partial charge in [0.2, 0.25) is 0 Å². The fraction of sp³-hybridized carbons (Fsp3) is 0.278. The predicted octanol–water partition coefficient (Wildman–Crippen LogP) is 2.96. The van der Waals surface area contributed by atoms with Gasteiger partial charge in [-0.1, -0.05) is 24.3 Å². The van der Waals surface area contributed by atoms with Gasteiger partial charge >= 0.3 is 0 Å². The van der Waals surface area contributed by atoms with Gasteiger partial charge in [-0.25, -0.2) is 0 Å². The molecule has 1 amide bonds. The highest BCUT2D eigenvalue weighted by Gasteiger charge is 2.15.